The van der Waals surface area contributed by atoms with Crippen molar-refractivity contribution in [3.63, 3.8) is 0 Å². The smallest absolute Gasteiger partial charge is 0.417 e. The van der Waals surface area contributed by atoms with Gasteiger partial charge in [-0.3, -0.25) is 0 Å². The summed E-state index contributed by atoms with van der Waals surface area (Å²) in [4.78, 5) is 10.6. The summed E-state index contributed by atoms with van der Waals surface area (Å²) < 4.78 is 37.7. The minimum absolute atomic E-state index is 0.0385. The van der Waals surface area contributed by atoms with Crippen LogP contribution in [-0.4, -0.2) is 22.8 Å². The normalized spacial score (nSPS) is 15.3. The van der Waals surface area contributed by atoms with Gasteiger partial charge in [0.15, 0.2) is 0 Å². The fraction of sp³-hybridized carbons (Fsp3) is 0.364. The van der Waals surface area contributed by atoms with Crippen LogP contribution < -0.4 is 5.73 Å². The van der Waals surface area contributed by atoms with Crippen molar-refractivity contribution in [3.05, 3.63) is 35.9 Å². The number of aryl methyl sites for hydroxylation is 1. The largest absolute Gasteiger partial charge is 0.480 e. The lowest BCUT2D eigenvalue weighted by Crippen LogP contribution is -2.59. The molecule has 3 nitrogen and oxygen atoms in total. The summed E-state index contributed by atoms with van der Waals surface area (Å²) in [5.74, 6) is -2.05. The number of carboxylic acids is 1. The summed E-state index contributed by atoms with van der Waals surface area (Å²) in [5.41, 5.74) is 2.37. The van der Waals surface area contributed by atoms with Gasteiger partial charge in [0, 0.05) is 0 Å². The minimum Gasteiger partial charge on any atom is -0.480 e. The zero-order valence-electron chi connectivity index (χ0n) is 8.87. The molecule has 0 aromatic heterocycles. The molecule has 3 N–H and O–H groups in total. The highest BCUT2D eigenvalue weighted by Crippen LogP contribution is 2.32. The van der Waals surface area contributed by atoms with Gasteiger partial charge in [-0.25, -0.2) is 4.79 Å². The monoisotopic (exact) mass is 247 g/mol. The highest BCUT2D eigenvalue weighted by molar-refractivity contribution is 5.79. The Morgan fingerprint density at radius 3 is 2.18 bits per heavy atom. The third kappa shape index (κ3) is 2.97. The van der Waals surface area contributed by atoms with Crippen LogP contribution in [0.4, 0.5) is 13.2 Å². The number of aliphatic carboxylic acids is 1. The van der Waals surface area contributed by atoms with Gasteiger partial charge < -0.3 is 10.8 Å². The van der Waals surface area contributed by atoms with Crippen molar-refractivity contribution in [2.24, 2.45) is 5.73 Å². The first-order chi connectivity index (χ1) is 7.77. The van der Waals surface area contributed by atoms with E-state index < -0.39 is 24.1 Å². The van der Waals surface area contributed by atoms with E-state index in [1.807, 2.05) is 0 Å². The highest BCUT2D eigenvalue weighted by atomic mass is 19.4. The minimum atomic E-state index is -4.96. The molecule has 0 aliphatic rings. The zero-order valence-corrected chi connectivity index (χ0v) is 8.87. The maximum Gasteiger partial charge on any atom is 0.417 e. The third-order valence-corrected chi connectivity index (χ3v) is 2.54. The van der Waals surface area contributed by atoms with E-state index in [-0.39, 0.29) is 6.42 Å². The van der Waals surface area contributed by atoms with Gasteiger partial charge in [-0.05, 0) is 18.4 Å². The van der Waals surface area contributed by atoms with Crippen molar-refractivity contribution >= 4 is 5.97 Å². The number of alkyl halides is 3. The van der Waals surface area contributed by atoms with Crippen LogP contribution in [0, 0.1) is 0 Å². The van der Waals surface area contributed by atoms with Crippen molar-refractivity contribution in [2.45, 2.75) is 24.6 Å². The SMILES string of the molecule is NC(CCc1ccccc1)(C(=O)O)C(F)(F)F. The van der Waals surface area contributed by atoms with Crippen LogP contribution in [0.2, 0.25) is 0 Å². The first-order valence-electron chi connectivity index (χ1n) is 4.90. The molecule has 0 bridgehead atoms. The van der Waals surface area contributed by atoms with E-state index in [9.17, 15) is 18.0 Å². The van der Waals surface area contributed by atoms with Gasteiger partial charge in [0.25, 0.3) is 0 Å². The second kappa shape index (κ2) is 4.75. The Morgan fingerprint density at radius 1 is 1.24 bits per heavy atom. The molecule has 1 atom stereocenters. The van der Waals surface area contributed by atoms with E-state index in [0.29, 0.717) is 5.56 Å². The summed E-state index contributed by atoms with van der Waals surface area (Å²) in [6.07, 6.45) is -5.69. The number of nitrogens with two attached hydrogens (primary N) is 1. The van der Waals surface area contributed by atoms with Crippen molar-refractivity contribution in [3.8, 4) is 0 Å². The Kier molecular flexibility index (Phi) is 3.77. The molecule has 0 radical (unpaired) electrons. The number of carboxylic acid groups (broad SMARTS) is 1. The summed E-state index contributed by atoms with van der Waals surface area (Å²) in [6, 6.07) is 8.31. The summed E-state index contributed by atoms with van der Waals surface area (Å²) in [7, 11) is 0. The van der Waals surface area contributed by atoms with Gasteiger partial charge in [-0.2, -0.15) is 13.2 Å². The van der Waals surface area contributed by atoms with Crippen LogP contribution in [0.3, 0.4) is 0 Å². The Balaban J connectivity index is 2.80. The molecule has 0 saturated heterocycles. The zero-order chi connectivity index (χ0) is 13.1. The number of hydrogen-bond donors (Lipinski definition) is 2. The Bertz CT molecular complexity index is 391. The van der Waals surface area contributed by atoms with Gasteiger partial charge >= 0.3 is 12.1 Å². The fourth-order valence-electron chi connectivity index (χ4n) is 1.36. The Morgan fingerprint density at radius 2 is 1.76 bits per heavy atom. The lowest BCUT2D eigenvalue weighted by atomic mass is 9.91. The third-order valence-electron chi connectivity index (χ3n) is 2.54. The second-order valence-corrected chi connectivity index (χ2v) is 3.76. The standard InChI is InChI=1S/C11H12F3NO2/c12-11(13,14)10(15,9(16)17)7-6-8-4-2-1-3-5-8/h1-5H,6-7,15H2,(H,16,17). The molecular formula is C11H12F3NO2. The summed E-state index contributed by atoms with van der Waals surface area (Å²) >= 11 is 0. The van der Waals surface area contributed by atoms with E-state index in [1.165, 1.54) is 0 Å². The summed E-state index contributed by atoms with van der Waals surface area (Å²) in [5, 5.41) is 8.60. The van der Waals surface area contributed by atoms with E-state index in [0.717, 1.165) is 0 Å². The highest BCUT2D eigenvalue weighted by Gasteiger charge is 2.57. The van der Waals surface area contributed by atoms with E-state index in [1.54, 1.807) is 30.3 Å². The van der Waals surface area contributed by atoms with E-state index in [2.05, 4.69) is 0 Å². The molecule has 0 spiro atoms. The van der Waals surface area contributed by atoms with Gasteiger partial charge in [0.05, 0.1) is 0 Å². The number of hydrogen-bond acceptors (Lipinski definition) is 2. The predicted molar refractivity (Wildman–Crippen MR) is 55.4 cm³/mol. The average molecular weight is 247 g/mol. The molecule has 1 rings (SSSR count). The molecule has 1 unspecified atom stereocenters. The maximum atomic E-state index is 12.6. The number of halogens is 3. The fourth-order valence-corrected chi connectivity index (χ4v) is 1.36. The van der Waals surface area contributed by atoms with Crippen molar-refractivity contribution < 1.29 is 23.1 Å². The number of carbonyl (C=O) groups is 1. The van der Waals surface area contributed by atoms with Gasteiger partial charge in [-0.15, -0.1) is 0 Å². The molecule has 17 heavy (non-hydrogen) atoms. The number of benzene rings is 1. The maximum absolute atomic E-state index is 12.6. The first kappa shape index (κ1) is 13.5. The van der Waals surface area contributed by atoms with Crippen LogP contribution in [0.15, 0.2) is 30.3 Å². The van der Waals surface area contributed by atoms with E-state index in [4.69, 9.17) is 10.8 Å². The molecule has 0 fully saturated rings. The molecule has 0 heterocycles. The molecule has 1 aromatic carbocycles. The Hall–Kier alpha value is -1.56. The first-order valence-corrected chi connectivity index (χ1v) is 4.90. The van der Waals surface area contributed by atoms with Crippen LogP contribution >= 0.6 is 0 Å². The summed E-state index contributed by atoms with van der Waals surface area (Å²) in [6.45, 7) is 0. The molecule has 94 valence electrons. The molecular weight excluding hydrogens is 235 g/mol. The van der Waals surface area contributed by atoms with Gasteiger partial charge in [0.1, 0.15) is 0 Å². The molecule has 0 saturated carbocycles. The van der Waals surface area contributed by atoms with Crippen LogP contribution in [0.1, 0.15) is 12.0 Å². The molecule has 6 heteroatoms. The van der Waals surface area contributed by atoms with Crippen molar-refractivity contribution in [1.29, 1.82) is 0 Å². The molecule has 0 aliphatic carbocycles. The van der Waals surface area contributed by atoms with Gasteiger partial charge in [-0.1, -0.05) is 30.3 Å². The van der Waals surface area contributed by atoms with Gasteiger partial charge in [0.2, 0.25) is 5.54 Å². The van der Waals surface area contributed by atoms with E-state index >= 15 is 0 Å². The van der Waals surface area contributed by atoms with Crippen LogP contribution in [0.5, 0.6) is 0 Å². The number of rotatable bonds is 4. The molecule has 1 aromatic rings. The quantitative estimate of drug-likeness (QED) is 0.854. The average Bonchev–Trinajstić information content (AvgIpc) is 2.25. The molecule has 0 amide bonds. The predicted octanol–water partition coefficient (Wildman–Crippen LogP) is 1.96. The lowest BCUT2D eigenvalue weighted by Gasteiger charge is -2.27. The lowest BCUT2D eigenvalue weighted by molar-refractivity contribution is -0.203. The molecule has 0 aliphatic heterocycles. The van der Waals surface area contributed by atoms with Crippen molar-refractivity contribution in [2.75, 3.05) is 0 Å². The van der Waals surface area contributed by atoms with Crippen LogP contribution in [0.25, 0.3) is 0 Å². The topological polar surface area (TPSA) is 63.3 Å². The second-order valence-electron chi connectivity index (χ2n) is 3.76. The van der Waals surface area contributed by atoms with Crippen LogP contribution in [-0.2, 0) is 11.2 Å². The Labute approximate surface area is 96.0 Å². The van der Waals surface area contributed by atoms with Crippen molar-refractivity contribution in [1.82, 2.24) is 0 Å².